The van der Waals surface area contributed by atoms with Gasteiger partial charge in [0.05, 0.1) is 17.4 Å². The number of nitrogens with one attached hydrogen (secondary N) is 1. The van der Waals surface area contributed by atoms with Gasteiger partial charge in [0.25, 0.3) is 0 Å². The molecule has 5 nitrogen and oxygen atoms in total. The molecular formula is C23H27F3N2O3. The van der Waals surface area contributed by atoms with Gasteiger partial charge >= 0.3 is 6.18 Å². The average Bonchev–Trinajstić information content (AvgIpc) is 2.96. The Balaban J connectivity index is 1.64. The molecule has 3 rings (SSSR count). The molecule has 3 amide bonds. The lowest BCUT2D eigenvalue weighted by Crippen LogP contribution is -2.51. The standard InChI is InChI=1S/C23H27F3N2O3/c1-14(2)13-19(28-21(30)17-5-3-4-6-18(17)22(28)31)20(29)27-12-11-15-7-9-16(10-8-15)23(24,25)26/h3-4,7-10,14,17-19H,5-6,11-13H2,1-2H3,(H,27,29). The number of halogens is 3. The molecule has 2 aliphatic rings. The number of allylic oxidation sites excluding steroid dienone is 2. The number of hydrogen-bond donors (Lipinski definition) is 1. The molecular weight excluding hydrogens is 409 g/mol. The molecule has 168 valence electrons. The van der Waals surface area contributed by atoms with Crippen molar-refractivity contribution in [2.24, 2.45) is 17.8 Å². The lowest BCUT2D eigenvalue weighted by atomic mass is 9.85. The summed E-state index contributed by atoms with van der Waals surface area (Å²) in [6.45, 7) is 4.04. The summed E-state index contributed by atoms with van der Waals surface area (Å²) in [7, 11) is 0. The first-order valence-electron chi connectivity index (χ1n) is 10.6. The van der Waals surface area contributed by atoms with Gasteiger partial charge in [0.1, 0.15) is 6.04 Å². The van der Waals surface area contributed by atoms with Crippen LogP contribution in [0.1, 0.15) is 44.2 Å². The van der Waals surface area contributed by atoms with Gasteiger partial charge in [0, 0.05) is 6.54 Å². The highest BCUT2D eigenvalue weighted by Gasteiger charge is 2.51. The summed E-state index contributed by atoms with van der Waals surface area (Å²) in [5.41, 5.74) is -0.0709. The van der Waals surface area contributed by atoms with Crippen LogP contribution in [0.4, 0.5) is 13.2 Å². The molecule has 1 heterocycles. The summed E-state index contributed by atoms with van der Waals surface area (Å²) in [5, 5.41) is 2.76. The summed E-state index contributed by atoms with van der Waals surface area (Å²) in [4.78, 5) is 39.8. The van der Waals surface area contributed by atoms with E-state index in [0.717, 1.165) is 17.0 Å². The second-order valence-electron chi connectivity index (χ2n) is 8.58. The second-order valence-corrected chi connectivity index (χ2v) is 8.58. The van der Waals surface area contributed by atoms with Crippen LogP contribution in [0.2, 0.25) is 0 Å². The Morgan fingerprint density at radius 1 is 1.06 bits per heavy atom. The number of amides is 3. The zero-order valence-electron chi connectivity index (χ0n) is 17.6. The van der Waals surface area contributed by atoms with E-state index in [4.69, 9.17) is 0 Å². The lowest BCUT2D eigenvalue weighted by Gasteiger charge is -2.27. The number of likely N-dealkylation sites (tertiary alicyclic amines) is 1. The van der Waals surface area contributed by atoms with E-state index < -0.39 is 35.5 Å². The third-order valence-corrected chi connectivity index (χ3v) is 5.84. The van der Waals surface area contributed by atoms with E-state index in [1.54, 1.807) is 0 Å². The first kappa shape index (κ1) is 23.0. The molecule has 0 spiro atoms. The van der Waals surface area contributed by atoms with E-state index >= 15 is 0 Å². The summed E-state index contributed by atoms with van der Waals surface area (Å²) in [6.07, 6.45) is 1.13. The van der Waals surface area contributed by atoms with Gasteiger partial charge < -0.3 is 5.32 Å². The number of nitrogens with zero attached hydrogens (tertiary/aromatic N) is 1. The highest BCUT2D eigenvalue weighted by Crippen LogP contribution is 2.37. The first-order chi connectivity index (χ1) is 14.6. The molecule has 1 N–H and O–H groups in total. The second kappa shape index (κ2) is 9.24. The quantitative estimate of drug-likeness (QED) is 0.523. The third kappa shape index (κ3) is 5.17. The Morgan fingerprint density at radius 3 is 2.10 bits per heavy atom. The molecule has 0 saturated carbocycles. The Hall–Kier alpha value is -2.64. The minimum absolute atomic E-state index is 0.0898. The van der Waals surface area contributed by atoms with Gasteiger partial charge in [-0.05, 0) is 49.3 Å². The fourth-order valence-corrected chi connectivity index (χ4v) is 4.22. The number of rotatable bonds is 7. The molecule has 1 aromatic carbocycles. The molecule has 3 atom stereocenters. The van der Waals surface area contributed by atoms with Gasteiger partial charge in [-0.2, -0.15) is 13.2 Å². The van der Waals surface area contributed by atoms with Crippen LogP contribution in [-0.4, -0.2) is 35.2 Å². The predicted octanol–water partition coefficient (Wildman–Crippen LogP) is 3.73. The van der Waals surface area contributed by atoms with Gasteiger partial charge in [-0.15, -0.1) is 0 Å². The van der Waals surface area contributed by atoms with Gasteiger partial charge in [-0.1, -0.05) is 38.1 Å². The maximum atomic E-state index is 12.9. The van der Waals surface area contributed by atoms with Crippen molar-refractivity contribution < 1.29 is 27.6 Å². The fourth-order valence-electron chi connectivity index (χ4n) is 4.22. The Bertz CT molecular complexity index is 836. The van der Waals surface area contributed by atoms with Crippen molar-refractivity contribution >= 4 is 17.7 Å². The highest BCUT2D eigenvalue weighted by atomic mass is 19.4. The fraction of sp³-hybridized carbons (Fsp3) is 0.522. The summed E-state index contributed by atoms with van der Waals surface area (Å²) in [6, 6.07) is 3.90. The Morgan fingerprint density at radius 2 is 1.61 bits per heavy atom. The van der Waals surface area contributed by atoms with Crippen molar-refractivity contribution in [2.75, 3.05) is 6.54 Å². The summed E-state index contributed by atoms with van der Waals surface area (Å²) >= 11 is 0. The smallest absolute Gasteiger partial charge is 0.354 e. The molecule has 8 heteroatoms. The van der Waals surface area contributed by atoms with Crippen molar-refractivity contribution in [1.82, 2.24) is 10.2 Å². The normalized spacial score (nSPS) is 22.1. The summed E-state index contributed by atoms with van der Waals surface area (Å²) in [5.74, 6) is -1.69. The minimum Gasteiger partial charge on any atom is -0.354 e. The summed E-state index contributed by atoms with van der Waals surface area (Å²) < 4.78 is 38.0. The van der Waals surface area contributed by atoms with E-state index in [9.17, 15) is 27.6 Å². The number of imide groups is 1. The zero-order chi connectivity index (χ0) is 22.8. The average molecular weight is 436 g/mol. The molecule has 3 unspecified atom stereocenters. The van der Waals surface area contributed by atoms with Crippen LogP contribution in [0.25, 0.3) is 0 Å². The van der Waals surface area contributed by atoms with Crippen LogP contribution in [0.5, 0.6) is 0 Å². The number of carbonyl (C=O) groups excluding carboxylic acids is 3. The first-order valence-corrected chi connectivity index (χ1v) is 10.6. The van der Waals surface area contributed by atoms with E-state index in [0.29, 0.717) is 31.2 Å². The van der Waals surface area contributed by atoms with Gasteiger partial charge in [-0.25, -0.2) is 0 Å². The van der Waals surface area contributed by atoms with Gasteiger partial charge in [0.2, 0.25) is 17.7 Å². The van der Waals surface area contributed by atoms with Gasteiger partial charge in [0.15, 0.2) is 0 Å². The molecule has 1 fully saturated rings. The van der Waals surface area contributed by atoms with Crippen molar-refractivity contribution in [3.8, 4) is 0 Å². The number of carbonyl (C=O) groups is 3. The van der Waals surface area contributed by atoms with E-state index in [1.165, 1.54) is 12.1 Å². The predicted molar refractivity (Wildman–Crippen MR) is 109 cm³/mol. The van der Waals surface area contributed by atoms with E-state index in [2.05, 4.69) is 5.32 Å². The molecule has 0 radical (unpaired) electrons. The van der Waals surface area contributed by atoms with Crippen molar-refractivity contribution in [3.63, 3.8) is 0 Å². The Labute approximate surface area is 179 Å². The van der Waals surface area contributed by atoms with Crippen molar-refractivity contribution in [3.05, 3.63) is 47.5 Å². The third-order valence-electron chi connectivity index (χ3n) is 5.84. The van der Waals surface area contributed by atoms with Crippen LogP contribution < -0.4 is 5.32 Å². The number of fused-ring (bicyclic) bond motifs is 1. The molecule has 1 aliphatic carbocycles. The maximum absolute atomic E-state index is 12.9. The van der Waals surface area contributed by atoms with Crippen LogP contribution >= 0.6 is 0 Å². The van der Waals surface area contributed by atoms with Crippen molar-refractivity contribution in [1.29, 1.82) is 0 Å². The molecule has 31 heavy (non-hydrogen) atoms. The zero-order valence-corrected chi connectivity index (χ0v) is 17.6. The SMILES string of the molecule is CC(C)CC(C(=O)NCCc1ccc(C(F)(F)F)cc1)N1C(=O)C2CC=CCC2C1=O. The van der Waals surface area contributed by atoms with Gasteiger partial charge in [-0.3, -0.25) is 19.3 Å². The number of alkyl halides is 3. The highest BCUT2D eigenvalue weighted by molar-refractivity contribution is 6.08. The van der Waals surface area contributed by atoms with Crippen molar-refractivity contribution in [2.45, 2.75) is 51.7 Å². The Kier molecular flexibility index (Phi) is 6.86. The largest absolute Gasteiger partial charge is 0.416 e. The molecule has 1 aliphatic heterocycles. The molecule has 1 saturated heterocycles. The molecule has 0 aromatic heterocycles. The van der Waals surface area contributed by atoms with Crippen LogP contribution in [-0.2, 0) is 27.0 Å². The molecule has 0 bridgehead atoms. The monoisotopic (exact) mass is 436 g/mol. The van der Waals surface area contributed by atoms with E-state index in [1.807, 2.05) is 26.0 Å². The van der Waals surface area contributed by atoms with Crippen LogP contribution in [0.3, 0.4) is 0 Å². The van der Waals surface area contributed by atoms with E-state index in [-0.39, 0.29) is 24.3 Å². The maximum Gasteiger partial charge on any atom is 0.416 e. The molecule has 1 aromatic rings. The minimum atomic E-state index is -4.39. The lowest BCUT2D eigenvalue weighted by molar-refractivity contribution is -0.148. The number of hydrogen-bond acceptors (Lipinski definition) is 3. The van der Waals surface area contributed by atoms with Crippen LogP contribution in [0, 0.1) is 17.8 Å². The topological polar surface area (TPSA) is 66.5 Å². The number of benzene rings is 1. The van der Waals surface area contributed by atoms with Crippen LogP contribution in [0.15, 0.2) is 36.4 Å².